The highest BCUT2D eigenvalue weighted by molar-refractivity contribution is 6.29. The minimum Gasteiger partial charge on any atom is -0.444 e. The molecule has 2 aromatic heterocycles. The molecule has 0 aromatic carbocycles. The van der Waals surface area contributed by atoms with Crippen molar-refractivity contribution in [2.24, 2.45) is 0 Å². The fourth-order valence-corrected chi connectivity index (χ4v) is 2.78. The fourth-order valence-electron chi connectivity index (χ4n) is 2.62. The van der Waals surface area contributed by atoms with Crippen molar-refractivity contribution in [3.05, 3.63) is 35.1 Å². The minimum absolute atomic E-state index is 0.156. The van der Waals surface area contributed by atoms with E-state index in [0.717, 1.165) is 36.0 Å². The van der Waals surface area contributed by atoms with E-state index in [1.807, 2.05) is 39.1 Å². The number of likely N-dealkylation sites (tertiary alicyclic amines) is 1. The van der Waals surface area contributed by atoms with E-state index in [1.165, 1.54) is 0 Å². The molecule has 1 aliphatic rings. The predicted octanol–water partition coefficient (Wildman–Crippen LogP) is 3.84. The number of rotatable bonds is 2. The van der Waals surface area contributed by atoms with Crippen molar-refractivity contribution in [2.45, 2.75) is 45.3 Å². The van der Waals surface area contributed by atoms with Gasteiger partial charge in [-0.25, -0.2) is 9.78 Å². The van der Waals surface area contributed by atoms with Gasteiger partial charge in [0.15, 0.2) is 0 Å². The number of halogens is 1. The number of fused-ring (bicyclic) bond motifs is 1. The largest absolute Gasteiger partial charge is 0.444 e. The van der Waals surface area contributed by atoms with Gasteiger partial charge in [0.2, 0.25) is 0 Å². The van der Waals surface area contributed by atoms with Crippen molar-refractivity contribution in [2.75, 3.05) is 6.54 Å². The van der Waals surface area contributed by atoms with E-state index in [1.54, 1.807) is 11.0 Å². The van der Waals surface area contributed by atoms with Gasteiger partial charge in [-0.3, -0.25) is 4.98 Å². The summed E-state index contributed by atoms with van der Waals surface area (Å²) in [6.45, 7) is 6.37. The highest BCUT2D eigenvalue weighted by Crippen LogP contribution is 2.25. The third kappa shape index (κ3) is 3.72. The van der Waals surface area contributed by atoms with Crippen LogP contribution in [0.1, 0.15) is 32.8 Å². The molecule has 0 radical (unpaired) electrons. The smallest absolute Gasteiger partial charge is 0.410 e. The molecule has 1 amide bonds. The van der Waals surface area contributed by atoms with Gasteiger partial charge in [-0.2, -0.15) is 0 Å². The Balaban J connectivity index is 1.71. The zero-order valence-corrected chi connectivity index (χ0v) is 14.3. The Morgan fingerprint density at radius 3 is 2.83 bits per heavy atom. The molecule has 2 aromatic rings. The number of nitrogens with zero attached hydrogens (tertiary/aromatic N) is 3. The van der Waals surface area contributed by atoms with Crippen LogP contribution in [0.2, 0.25) is 5.15 Å². The van der Waals surface area contributed by atoms with Crippen LogP contribution in [0.3, 0.4) is 0 Å². The van der Waals surface area contributed by atoms with Crippen molar-refractivity contribution < 1.29 is 9.53 Å². The van der Waals surface area contributed by atoms with Crippen LogP contribution in [0.5, 0.6) is 0 Å². The SMILES string of the molecule is CC(C)(C)OC(=O)N1CCC1Cc1cnc2ccc(Cl)nc2c1. The third-order valence-electron chi connectivity index (χ3n) is 3.80. The van der Waals surface area contributed by atoms with E-state index in [-0.39, 0.29) is 12.1 Å². The molecular weight excluding hydrogens is 314 g/mol. The molecule has 3 rings (SSSR count). The number of ether oxygens (including phenoxy) is 1. The van der Waals surface area contributed by atoms with Crippen molar-refractivity contribution in [3.63, 3.8) is 0 Å². The number of hydrogen-bond donors (Lipinski definition) is 0. The van der Waals surface area contributed by atoms with Crippen molar-refractivity contribution >= 4 is 28.7 Å². The summed E-state index contributed by atoms with van der Waals surface area (Å²) in [6, 6.07) is 5.72. The number of aromatic nitrogens is 2. The van der Waals surface area contributed by atoms with E-state index in [4.69, 9.17) is 16.3 Å². The second kappa shape index (κ2) is 5.96. The Morgan fingerprint density at radius 1 is 1.39 bits per heavy atom. The lowest BCUT2D eigenvalue weighted by Crippen LogP contribution is -2.53. The maximum Gasteiger partial charge on any atom is 0.410 e. The predicted molar refractivity (Wildman–Crippen MR) is 89.6 cm³/mol. The fraction of sp³-hybridized carbons (Fsp3) is 0.471. The van der Waals surface area contributed by atoms with Gasteiger partial charge in [0.1, 0.15) is 10.8 Å². The van der Waals surface area contributed by atoms with E-state index < -0.39 is 5.60 Å². The Morgan fingerprint density at radius 2 is 2.17 bits per heavy atom. The Labute approximate surface area is 140 Å². The Hall–Kier alpha value is -1.88. The number of amides is 1. The second-order valence-electron chi connectivity index (χ2n) is 6.84. The molecule has 6 heteroatoms. The van der Waals surface area contributed by atoms with Gasteiger partial charge in [0.05, 0.1) is 11.0 Å². The number of carbonyl (C=O) groups excluding carboxylic acids is 1. The first kappa shape index (κ1) is 16.0. The van der Waals surface area contributed by atoms with Crippen LogP contribution in [0.4, 0.5) is 4.79 Å². The lowest BCUT2D eigenvalue weighted by molar-refractivity contribution is -0.00498. The minimum atomic E-state index is -0.470. The third-order valence-corrected chi connectivity index (χ3v) is 4.01. The zero-order chi connectivity index (χ0) is 16.6. The molecule has 122 valence electrons. The van der Waals surface area contributed by atoms with Crippen LogP contribution in [0.15, 0.2) is 24.4 Å². The van der Waals surface area contributed by atoms with Gasteiger partial charge in [-0.05, 0) is 57.4 Å². The molecule has 1 aliphatic heterocycles. The van der Waals surface area contributed by atoms with Crippen molar-refractivity contribution in [1.82, 2.24) is 14.9 Å². The number of hydrogen-bond acceptors (Lipinski definition) is 4. The molecule has 1 unspecified atom stereocenters. The Bertz CT molecular complexity index is 742. The van der Waals surface area contributed by atoms with Crippen molar-refractivity contribution in [3.8, 4) is 0 Å². The van der Waals surface area contributed by atoms with E-state index >= 15 is 0 Å². The first-order valence-electron chi connectivity index (χ1n) is 7.73. The summed E-state index contributed by atoms with van der Waals surface area (Å²) in [5.41, 5.74) is 2.17. The topological polar surface area (TPSA) is 55.3 Å². The molecule has 0 bridgehead atoms. The van der Waals surface area contributed by atoms with Gasteiger partial charge < -0.3 is 9.64 Å². The van der Waals surface area contributed by atoms with Gasteiger partial charge in [-0.15, -0.1) is 0 Å². The van der Waals surface area contributed by atoms with Gasteiger partial charge >= 0.3 is 6.09 Å². The van der Waals surface area contributed by atoms with Crippen LogP contribution in [-0.4, -0.2) is 39.1 Å². The summed E-state index contributed by atoms with van der Waals surface area (Å²) >= 11 is 5.93. The van der Waals surface area contributed by atoms with Crippen LogP contribution in [0, 0.1) is 0 Å². The number of pyridine rings is 2. The van der Waals surface area contributed by atoms with Crippen LogP contribution in [0.25, 0.3) is 11.0 Å². The van der Waals surface area contributed by atoms with Crippen LogP contribution < -0.4 is 0 Å². The molecule has 3 heterocycles. The lowest BCUT2D eigenvalue weighted by atomic mass is 9.96. The average Bonchev–Trinajstić information content (AvgIpc) is 2.41. The molecule has 0 saturated carbocycles. The molecule has 1 fully saturated rings. The molecule has 1 saturated heterocycles. The maximum atomic E-state index is 12.2. The number of carbonyl (C=O) groups is 1. The molecule has 0 spiro atoms. The Kier molecular flexibility index (Phi) is 4.15. The summed E-state index contributed by atoms with van der Waals surface area (Å²) in [6.07, 6.45) is 3.31. The standard InChI is InChI=1S/C17H20ClN3O2/c1-17(2,3)23-16(22)21-7-6-12(21)8-11-9-14-13(19-10-11)4-5-15(18)20-14/h4-5,9-10,12H,6-8H2,1-3H3. The van der Waals surface area contributed by atoms with Crippen LogP contribution >= 0.6 is 11.6 Å². The average molecular weight is 334 g/mol. The van der Waals surface area contributed by atoms with Crippen molar-refractivity contribution in [1.29, 1.82) is 0 Å². The quantitative estimate of drug-likeness (QED) is 0.784. The summed E-state index contributed by atoms with van der Waals surface area (Å²) in [4.78, 5) is 22.6. The maximum absolute atomic E-state index is 12.2. The van der Waals surface area contributed by atoms with E-state index in [9.17, 15) is 4.79 Å². The summed E-state index contributed by atoms with van der Waals surface area (Å²) in [5, 5.41) is 0.454. The zero-order valence-electron chi connectivity index (χ0n) is 13.5. The normalized spacial score (nSPS) is 17.9. The molecule has 5 nitrogen and oxygen atoms in total. The first-order valence-corrected chi connectivity index (χ1v) is 8.10. The first-order chi connectivity index (χ1) is 10.8. The molecule has 1 atom stereocenters. The molecular formula is C17H20ClN3O2. The van der Waals surface area contributed by atoms with E-state index in [2.05, 4.69) is 9.97 Å². The lowest BCUT2D eigenvalue weighted by Gasteiger charge is -2.41. The molecule has 0 N–H and O–H groups in total. The summed E-state index contributed by atoms with van der Waals surface area (Å²) < 4.78 is 5.44. The summed E-state index contributed by atoms with van der Waals surface area (Å²) in [5.74, 6) is 0. The van der Waals surface area contributed by atoms with Gasteiger partial charge in [0, 0.05) is 18.8 Å². The highest BCUT2D eigenvalue weighted by Gasteiger charge is 2.35. The summed E-state index contributed by atoms with van der Waals surface area (Å²) in [7, 11) is 0. The van der Waals surface area contributed by atoms with Crippen LogP contribution in [-0.2, 0) is 11.2 Å². The molecule has 0 aliphatic carbocycles. The highest BCUT2D eigenvalue weighted by atomic mass is 35.5. The van der Waals surface area contributed by atoms with E-state index in [0.29, 0.717) is 5.15 Å². The molecule has 23 heavy (non-hydrogen) atoms. The monoisotopic (exact) mass is 333 g/mol. The second-order valence-corrected chi connectivity index (χ2v) is 7.22. The van der Waals surface area contributed by atoms with Gasteiger partial charge in [-0.1, -0.05) is 11.6 Å². The van der Waals surface area contributed by atoms with Gasteiger partial charge in [0.25, 0.3) is 0 Å².